The monoisotopic (exact) mass is 378 g/mol. The molecule has 2 N–H and O–H groups in total. The Labute approximate surface area is 162 Å². The number of hydrogen-bond donors (Lipinski definition) is 2. The number of nitrogens with one attached hydrogen (secondary N) is 2. The van der Waals surface area contributed by atoms with Crippen LogP contribution in [-0.4, -0.2) is 42.1 Å². The first-order valence-electron chi connectivity index (χ1n) is 9.04. The molecular weight excluding hydrogens is 358 g/mol. The minimum atomic E-state index is -0.396. The Morgan fingerprint density at radius 1 is 1.11 bits per heavy atom. The predicted molar refractivity (Wildman–Crippen MR) is 105 cm³/mol. The average Bonchev–Trinajstić information content (AvgIpc) is 3.39. The van der Waals surface area contributed by atoms with Crippen molar-refractivity contribution < 1.29 is 20.4 Å². The third kappa shape index (κ3) is 2.87. The number of carbonyl (C=O) groups excluding carboxylic acids is 1. The molecule has 2 aromatic heterocycles. The lowest BCUT2D eigenvalue weighted by atomic mass is 10.1. The molecule has 4 rings (SSSR count). The number of aromatic nitrogens is 3. The molecule has 0 amide bonds. The van der Waals surface area contributed by atoms with Crippen molar-refractivity contribution in [2.45, 2.75) is 0 Å². The van der Waals surface area contributed by atoms with Gasteiger partial charge in [0, 0.05) is 28.2 Å². The Kier molecular flexibility index (Phi) is 4.17. The van der Waals surface area contributed by atoms with Gasteiger partial charge in [0.1, 0.15) is 11.5 Å². The second-order valence-electron chi connectivity index (χ2n) is 6.04. The molecule has 28 heavy (non-hydrogen) atoms. The number of methoxy groups -OCH3 is 3. The minimum absolute atomic E-state index is 0.0848. The van der Waals surface area contributed by atoms with Crippen LogP contribution < -0.4 is 14.2 Å². The summed E-state index contributed by atoms with van der Waals surface area (Å²) < 4.78 is 24.2. The van der Waals surface area contributed by atoms with Gasteiger partial charge in [-0.3, -0.25) is 4.79 Å². The van der Waals surface area contributed by atoms with E-state index < -0.39 is 5.78 Å². The van der Waals surface area contributed by atoms with Gasteiger partial charge in [-0.15, -0.1) is 0 Å². The molecule has 0 saturated carbocycles. The van der Waals surface area contributed by atoms with Crippen LogP contribution in [0.25, 0.3) is 22.3 Å². The van der Waals surface area contributed by atoms with Crippen molar-refractivity contribution in [2.24, 2.45) is 0 Å². The number of aromatic amines is 2. The Bertz CT molecular complexity index is 1210. The molecule has 7 heteroatoms. The topological polar surface area (TPSA) is 89.2 Å². The number of rotatable bonds is 6. The van der Waals surface area contributed by atoms with Crippen LogP contribution in [0.15, 0.2) is 48.8 Å². The van der Waals surface area contributed by atoms with E-state index in [4.69, 9.17) is 15.6 Å². The largest absolute Gasteiger partial charge is 0.493 e. The van der Waals surface area contributed by atoms with Gasteiger partial charge in [0.15, 0.2) is 11.5 Å². The van der Waals surface area contributed by atoms with Crippen LogP contribution in [0.1, 0.15) is 17.4 Å². The third-order valence-corrected chi connectivity index (χ3v) is 4.49. The highest BCUT2D eigenvalue weighted by Crippen LogP contribution is 2.38. The fourth-order valence-electron chi connectivity index (χ4n) is 3.12. The summed E-state index contributed by atoms with van der Waals surface area (Å²) in [5.74, 6) is 0.866. The van der Waals surface area contributed by atoms with Crippen LogP contribution in [0.4, 0.5) is 0 Å². The molecule has 0 unspecified atom stereocenters. The van der Waals surface area contributed by atoms with Crippen molar-refractivity contribution in [1.82, 2.24) is 15.0 Å². The third-order valence-electron chi connectivity index (χ3n) is 4.49. The standard InChI is InChI=1S/C21H19N3O4/c1-26-17-8-12(9-18(27-2)20(17)28-3)19(25)16-11-23-21(24-16)14-10-22-15-7-5-4-6-13(14)15/h4-11,22H,1-3H3,(H,23,24)/i8D. The SMILES string of the molecule is [2H]c1c(C(=O)c2cnc(-c3c[nH]c4ccccc34)[nH]2)cc(OC)c(OC)c1OC. The summed E-state index contributed by atoms with van der Waals surface area (Å²) in [6.45, 7) is 0. The van der Waals surface area contributed by atoms with Crippen molar-refractivity contribution in [2.75, 3.05) is 21.3 Å². The van der Waals surface area contributed by atoms with Gasteiger partial charge in [-0.1, -0.05) is 18.2 Å². The van der Waals surface area contributed by atoms with E-state index in [-0.39, 0.29) is 28.8 Å². The summed E-state index contributed by atoms with van der Waals surface area (Å²) in [4.78, 5) is 23.7. The number of ether oxygens (including phenoxy) is 3. The number of benzene rings is 2. The highest BCUT2D eigenvalue weighted by Gasteiger charge is 2.20. The molecule has 0 atom stereocenters. The number of para-hydroxylation sites is 1. The Balaban J connectivity index is 1.77. The zero-order valence-corrected chi connectivity index (χ0v) is 15.6. The lowest BCUT2D eigenvalue weighted by Crippen LogP contribution is -2.04. The van der Waals surface area contributed by atoms with Crippen molar-refractivity contribution in [1.29, 1.82) is 0 Å². The van der Waals surface area contributed by atoms with Crippen LogP contribution in [0, 0.1) is 0 Å². The molecule has 142 valence electrons. The van der Waals surface area contributed by atoms with Gasteiger partial charge < -0.3 is 24.2 Å². The summed E-state index contributed by atoms with van der Waals surface area (Å²) in [6, 6.07) is 9.22. The number of carbonyl (C=O) groups is 1. The number of ketones is 1. The predicted octanol–water partition coefficient (Wildman–Crippen LogP) is 3.81. The maximum Gasteiger partial charge on any atom is 0.211 e. The molecule has 2 aromatic carbocycles. The van der Waals surface area contributed by atoms with Gasteiger partial charge in [-0.2, -0.15) is 0 Å². The van der Waals surface area contributed by atoms with Gasteiger partial charge in [-0.05, 0) is 18.2 Å². The maximum absolute atomic E-state index is 13.1. The summed E-state index contributed by atoms with van der Waals surface area (Å²) in [5.41, 5.74) is 2.21. The molecule has 0 radical (unpaired) electrons. The van der Waals surface area contributed by atoms with Crippen LogP contribution in [0.2, 0.25) is 0 Å². The van der Waals surface area contributed by atoms with Crippen molar-refractivity contribution in [3.63, 3.8) is 0 Å². The number of hydrogen-bond acceptors (Lipinski definition) is 5. The van der Waals surface area contributed by atoms with Crippen LogP contribution in [0.5, 0.6) is 17.2 Å². The molecule has 0 saturated heterocycles. The van der Waals surface area contributed by atoms with Gasteiger partial charge in [0.25, 0.3) is 0 Å². The fraction of sp³-hybridized carbons (Fsp3) is 0.143. The van der Waals surface area contributed by atoms with Crippen molar-refractivity contribution >= 4 is 16.7 Å². The van der Waals surface area contributed by atoms with E-state index in [1.165, 1.54) is 33.6 Å². The van der Waals surface area contributed by atoms with E-state index in [9.17, 15) is 4.79 Å². The van der Waals surface area contributed by atoms with Crippen LogP contribution in [0.3, 0.4) is 0 Å². The Morgan fingerprint density at radius 3 is 2.64 bits per heavy atom. The molecule has 2 heterocycles. The lowest BCUT2D eigenvalue weighted by molar-refractivity contribution is 0.103. The first kappa shape index (κ1) is 16.4. The average molecular weight is 378 g/mol. The summed E-state index contributed by atoms with van der Waals surface area (Å²) >= 11 is 0. The Hall–Kier alpha value is -3.74. The van der Waals surface area contributed by atoms with Crippen molar-refractivity contribution in [3.05, 3.63) is 60.0 Å². The second kappa shape index (κ2) is 7.11. The summed E-state index contributed by atoms with van der Waals surface area (Å²) in [5, 5.41) is 0.995. The highest BCUT2D eigenvalue weighted by atomic mass is 16.5. The minimum Gasteiger partial charge on any atom is -0.493 e. The van der Waals surface area contributed by atoms with E-state index in [2.05, 4.69) is 15.0 Å². The fourth-order valence-corrected chi connectivity index (χ4v) is 3.12. The van der Waals surface area contributed by atoms with Crippen LogP contribution in [-0.2, 0) is 0 Å². The highest BCUT2D eigenvalue weighted by molar-refractivity contribution is 6.09. The van der Waals surface area contributed by atoms with Gasteiger partial charge in [0.05, 0.1) is 28.9 Å². The molecule has 0 aliphatic heterocycles. The van der Waals surface area contributed by atoms with E-state index in [0.29, 0.717) is 11.6 Å². The number of H-pyrrole nitrogens is 2. The number of fused-ring (bicyclic) bond motifs is 1. The quantitative estimate of drug-likeness (QED) is 0.498. The summed E-state index contributed by atoms with van der Waals surface area (Å²) in [7, 11) is 4.32. The molecular formula is C21H19N3O4. The van der Waals surface area contributed by atoms with E-state index >= 15 is 0 Å². The normalized spacial score (nSPS) is 11.3. The first-order chi connectivity index (χ1) is 14.1. The van der Waals surface area contributed by atoms with E-state index in [1.54, 1.807) is 0 Å². The zero-order valence-electron chi connectivity index (χ0n) is 16.6. The molecule has 0 fully saturated rings. The maximum atomic E-state index is 13.1. The second-order valence-corrected chi connectivity index (χ2v) is 6.04. The van der Waals surface area contributed by atoms with Crippen LogP contribution >= 0.6 is 0 Å². The smallest absolute Gasteiger partial charge is 0.211 e. The van der Waals surface area contributed by atoms with E-state index in [1.807, 2.05) is 30.5 Å². The van der Waals surface area contributed by atoms with Gasteiger partial charge in [0.2, 0.25) is 11.5 Å². The zero-order chi connectivity index (χ0) is 20.5. The molecule has 0 aliphatic carbocycles. The summed E-state index contributed by atoms with van der Waals surface area (Å²) in [6.07, 6.45) is 3.30. The van der Waals surface area contributed by atoms with Crippen molar-refractivity contribution in [3.8, 4) is 28.6 Å². The lowest BCUT2D eigenvalue weighted by Gasteiger charge is -2.13. The molecule has 0 aliphatic rings. The van der Waals surface area contributed by atoms with Gasteiger partial charge >= 0.3 is 0 Å². The number of imidazole rings is 1. The number of nitrogens with zero attached hydrogens (tertiary/aromatic N) is 1. The molecule has 7 nitrogen and oxygen atoms in total. The first-order valence-corrected chi connectivity index (χ1v) is 8.54. The van der Waals surface area contributed by atoms with Gasteiger partial charge in [-0.25, -0.2) is 4.98 Å². The molecule has 0 spiro atoms. The molecule has 4 aromatic rings. The molecule has 0 bridgehead atoms. The Morgan fingerprint density at radius 2 is 1.89 bits per heavy atom. The van der Waals surface area contributed by atoms with E-state index in [0.717, 1.165) is 16.5 Å².